The molecule has 2 aromatic carbocycles. The molecular weight excluding hydrogens is 518 g/mol. The number of nitrogens with zero attached hydrogens (tertiary/aromatic N) is 4. The smallest absolute Gasteiger partial charge is 0.267 e. The van der Waals surface area contributed by atoms with E-state index in [-0.39, 0.29) is 10.5 Å². The maximum absolute atomic E-state index is 13.0. The molecule has 0 unspecified atom stereocenters. The Hall–Kier alpha value is -4.26. The highest BCUT2D eigenvalue weighted by atomic mass is 32.2. The number of carbonyl (C=O) groups is 1. The van der Waals surface area contributed by atoms with Crippen molar-refractivity contribution in [2.75, 3.05) is 31.6 Å². The molecule has 0 spiro atoms. The van der Waals surface area contributed by atoms with Gasteiger partial charge in [-0.05, 0) is 42.8 Å². The maximum atomic E-state index is 13.0. The van der Waals surface area contributed by atoms with Crippen LogP contribution in [0.2, 0.25) is 0 Å². The van der Waals surface area contributed by atoms with E-state index in [4.69, 9.17) is 9.72 Å². The Morgan fingerprint density at radius 2 is 1.90 bits per heavy atom. The number of ether oxygens (including phenoxy) is 1. The number of amides is 1. The normalized spacial score (nSPS) is 14.6. The van der Waals surface area contributed by atoms with Gasteiger partial charge in [-0.1, -0.05) is 23.8 Å². The van der Waals surface area contributed by atoms with Gasteiger partial charge in [-0.2, -0.15) is 5.10 Å². The summed E-state index contributed by atoms with van der Waals surface area (Å²) in [5, 5.41) is 9.86. The summed E-state index contributed by atoms with van der Waals surface area (Å²) in [4.78, 5) is 23.5. The molecule has 0 bridgehead atoms. The number of hydrogen-bond donors (Lipinski definition) is 3. The van der Waals surface area contributed by atoms with Crippen molar-refractivity contribution in [3.8, 4) is 11.5 Å². The summed E-state index contributed by atoms with van der Waals surface area (Å²) < 4.78 is 32.4. The average molecular weight is 546 g/mol. The first-order valence-electron chi connectivity index (χ1n) is 12.5. The number of aryl methyl sites for hydroxylation is 1. The van der Waals surface area contributed by atoms with E-state index in [1.54, 1.807) is 30.5 Å². The maximum Gasteiger partial charge on any atom is 0.267 e. The van der Waals surface area contributed by atoms with E-state index in [0.717, 1.165) is 59.0 Å². The lowest BCUT2D eigenvalue weighted by atomic mass is 10.2. The third-order valence-electron chi connectivity index (χ3n) is 6.70. The number of carbonyl (C=O) groups excluding carboxylic acids is 1. The Morgan fingerprint density at radius 3 is 2.69 bits per heavy atom. The summed E-state index contributed by atoms with van der Waals surface area (Å²) in [7, 11) is -3.82. The highest BCUT2D eigenvalue weighted by Gasteiger charge is 2.21. The van der Waals surface area contributed by atoms with Crippen LogP contribution in [0.5, 0.6) is 0 Å². The molecule has 1 amide bonds. The first-order chi connectivity index (χ1) is 18.9. The van der Waals surface area contributed by atoms with Crippen molar-refractivity contribution >= 4 is 32.7 Å². The van der Waals surface area contributed by atoms with E-state index in [2.05, 4.69) is 31.5 Å². The van der Waals surface area contributed by atoms with Crippen molar-refractivity contribution in [1.82, 2.24) is 29.0 Å². The molecule has 0 radical (unpaired) electrons. The molecule has 12 heteroatoms. The van der Waals surface area contributed by atoms with E-state index >= 15 is 0 Å². The molecular formula is C27H27N7O4S. The third kappa shape index (κ3) is 5.09. The van der Waals surface area contributed by atoms with E-state index < -0.39 is 15.9 Å². The van der Waals surface area contributed by atoms with Gasteiger partial charge in [0.2, 0.25) is 0 Å². The molecule has 1 aliphatic heterocycles. The molecule has 200 valence electrons. The molecule has 1 aliphatic rings. The minimum absolute atomic E-state index is 0.144. The average Bonchev–Trinajstić information content (AvgIpc) is 3.69. The van der Waals surface area contributed by atoms with Crippen molar-refractivity contribution in [3.05, 3.63) is 83.8 Å². The highest BCUT2D eigenvalue weighted by molar-refractivity contribution is 7.90. The second kappa shape index (κ2) is 10.1. The van der Waals surface area contributed by atoms with E-state index in [1.165, 1.54) is 18.5 Å². The van der Waals surface area contributed by atoms with Gasteiger partial charge in [0.05, 0.1) is 40.4 Å². The molecule has 0 atom stereocenters. The quantitative estimate of drug-likeness (QED) is 0.285. The third-order valence-corrected chi connectivity index (χ3v) is 8.35. The van der Waals surface area contributed by atoms with Crippen LogP contribution < -0.4 is 5.32 Å². The second-order valence-corrected chi connectivity index (χ2v) is 11.3. The molecule has 0 aliphatic carbocycles. The number of hydrogen-bond acceptors (Lipinski definition) is 7. The minimum Gasteiger partial charge on any atom is -0.379 e. The summed E-state index contributed by atoms with van der Waals surface area (Å²) >= 11 is 0. The zero-order chi connectivity index (χ0) is 27.0. The van der Waals surface area contributed by atoms with Crippen LogP contribution in [0, 0.1) is 6.92 Å². The minimum atomic E-state index is -3.82. The van der Waals surface area contributed by atoms with Gasteiger partial charge < -0.3 is 15.0 Å². The number of aromatic amines is 2. The van der Waals surface area contributed by atoms with Crippen LogP contribution >= 0.6 is 0 Å². The van der Waals surface area contributed by atoms with Gasteiger partial charge in [0.15, 0.2) is 11.5 Å². The number of aromatic nitrogens is 5. The first kappa shape index (κ1) is 25.0. The van der Waals surface area contributed by atoms with Gasteiger partial charge in [0.25, 0.3) is 15.9 Å². The molecule has 4 heterocycles. The van der Waals surface area contributed by atoms with Crippen LogP contribution in [0.15, 0.2) is 72.0 Å². The van der Waals surface area contributed by atoms with E-state index in [1.807, 2.05) is 19.1 Å². The zero-order valence-electron chi connectivity index (χ0n) is 21.2. The van der Waals surface area contributed by atoms with Crippen LogP contribution in [0.4, 0.5) is 5.69 Å². The second-order valence-electron chi connectivity index (χ2n) is 9.48. The fraction of sp³-hybridized carbons (Fsp3) is 0.222. The Bertz CT molecular complexity index is 1750. The topological polar surface area (TPSA) is 138 Å². The molecule has 6 rings (SSSR count). The summed E-state index contributed by atoms with van der Waals surface area (Å²) in [5.74, 6) is 0.0315. The van der Waals surface area contributed by atoms with Crippen molar-refractivity contribution in [3.63, 3.8) is 0 Å². The lowest BCUT2D eigenvalue weighted by molar-refractivity contribution is 0.0342. The number of anilines is 1. The number of benzene rings is 2. The van der Waals surface area contributed by atoms with Gasteiger partial charge in [0, 0.05) is 38.2 Å². The Kier molecular flexibility index (Phi) is 6.51. The van der Waals surface area contributed by atoms with Gasteiger partial charge in [-0.3, -0.25) is 14.8 Å². The summed E-state index contributed by atoms with van der Waals surface area (Å²) in [6.07, 6.45) is 4.21. The molecule has 11 nitrogen and oxygen atoms in total. The van der Waals surface area contributed by atoms with Gasteiger partial charge in [-0.15, -0.1) is 0 Å². The summed E-state index contributed by atoms with van der Waals surface area (Å²) in [6, 6.07) is 14.1. The van der Waals surface area contributed by atoms with Gasteiger partial charge in [-0.25, -0.2) is 17.4 Å². The molecule has 0 saturated carbocycles. The molecule has 5 aromatic rings. The van der Waals surface area contributed by atoms with Crippen LogP contribution in [-0.4, -0.2) is 69.7 Å². The number of rotatable bonds is 7. The Morgan fingerprint density at radius 1 is 1.10 bits per heavy atom. The molecule has 3 aromatic heterocycles. The van der Waals surface area contributed by atoms with Crippen molar-refractivity contribution < 1.29 is 17.9 Å². The number of imidazole rings is 1. The fourth-order valence-electron chi connectivity index (χ4n) is 4.53. The number of morpholine rings is 1. The molecule has 39 heavy (non-hydrogen) atoms. The van der Waals surface area contributed by atoms with Crippen LogP contribution in [0.3, 0.4) is 0 Å². The van der Waals surface area contributed by atoms with Crippen LogP contribution in [0.25, 0.3) is 22.6 Å². The van der Waals surface area contributed by atoms with Crippen LogP contribution in [0.1, 0.15) is 21.5 Å². The lowest BCUT2D eigenvalue weighted by Crippen LogP contribution is -2.35. The lowest BCUT2D eigenvalue weighted by Gasteiger charge is -2.26. The van der Waals surface area contributed by atoms with Crippen molar-refractivity contribution in [2.24, 2.45) is 0 Å². The summed E-state index contributed by atoms with van der Waals surface area (Å²) in [5.41, 5.74) is 4.82. The Labute approximate surface area is 224 Å². The largest absolute Gasteiger partial charge is 0.379 e. The molecule has 1 fully saturated rings. The number of nitrogens with one attached hydrogen (secondary N) is 3. The Balaban J connectivity index is 1.19. The molecule has 3 N–H and O–H groups in total. The van der Waals surface area contributed by atoms with E-state index in [0.29, 0.717) is 17.2 Å². The van der Waals surface area contributed by atoms with Gasteiger partial charge in [0.1, 0.15) is 0 Å². The van der Waals surface area contributed by atoms with Crippen molar-refractivity contribution in [1.29, 1.82) is 0 Å². The molecule has 1 saturated heterocycles. The predicted octanol–water partition coefficient (Wildman–Crippen LogP) is 3.38. The standard InChI is InChI=1S/C27H27N7O4S/c1-18-2-5-21(6-3-18)39(36,37)34-9-8-20(17-34)27(35)31-24-15-28-32-25(24)26-29-22-7-4-19(14-23(22)30-26)16-33-10-12-38-13-11-33/h2-9,14-15,17H,10-13,16H2,1H3,(H,28,32)(H,29,30)(H,31,35). The first-order valence-corrected chi connectivity index (χ1v) is 14.0. The predicted molar refractivity (Wildman–Crippen MR) is 146 cm³/mol. The SMILES string of the molecule is Cc1ccc(S(=O)(=O)n2ccc(C(=O)Nc3c[nH]nc3-c3nc4cc(CN5CCOCC5)ccc4[nH]3)c2)cc1. The monoisotopic (exact) mass is 545 g/mol. The zero-order valence-corrected chi connectivity index (χ0v) is 22.0. The van der Waals surface area contributed by atoms with Crippen LogP contribution in [-0.2, 0) is 21.3 Å². The number of H-pyrrole nitrogens is 2. The van der Waals surface area contributed by atoms with Gasteiger partial charge >= 0.3 is 0 Å². The van der Waals surface area contributed by atoms with E-state index in [9.17, 15) is 13.2 Å². The summed E-state index contributed by atoms with van der Waals surface area (Å²) in [6.45, 7) is 6.01. The number of fused-ring (bicyclic) bond motifs is 1. The fourth-order valence-corrected chi connectivity index (χ4v) is 5.73. The highest BCUT2D eigenvalue weighted by Crippen LogP contribution is 2.27. The van der Waals surface area contributed by atoms with Crippen molar-refractivity contribution in [2.45, 2.75) is 18.4 Å².